The molecule has 4 rings (SSSR count). The van der Waals surface area contributed by atoms with Crippen molar-refractivity contribution in [3.8, 4) is 0 Å². The molecule has 30 heavy (non-hydrogen) atoms. The molecule has 0 aliphatic carbocycles. The third kappa shape index (κ3) is 3.54. The molecule has 4 nitrogen and oxygen atoms in total. The van der Waals surface area contributed by atoms with E-state index in [4.69, 9.17) is 16.0 Å². The molecule has 0 fully saturated rings. The number of hydrogen-bond acceptors (Lipinski definition) is 4. The van der Waals surface area contributed by atoms with Crippen molar-refractivity contribution in [3.05, 3.63) is 74.1 Å². The molecule has 1 amide bonds. The number of rotatable bonds is 6. The number of thioether (sulfide) groups is 1. The molecule has 1 aliphatic heterocycles. The minimum Gasteiger partial charge on any atom is -0.450 e. The number of benzene rings is 2. The highest BCUT2D eigenvalue weighted by molar-refractivity contribution is 7.98. The topological polar surface area (TPSA) is 50.5 Å². The van der Waals surface area contributed by atoms with E-state index >= 15 is 0 Å². The van der Waals surface area contributed by atoms with Crippen LogP contribution in [0.4, 0.5) is 0 Å². The molecule has 1 aliphatic rings. The number of aryl methyl sites for hydroxylation is 1. The SMILES string of the molecule is CCCCCN1C(=O)c2oc3cc(C)c(Cl)cc3c(=O)c2C1c1ccc(SC)cc1. The van der Waals surface area contributed by atoms with Gasteiger partial charge >= 0.3 is 0 Å². The minimum absolute atomic E-state index is 0.157. The summed E-state index contributed by atoms with van der Waals surface area (Å²) in [5, 5.41) is 0.929. The van der Waals surface area contributed by atoms with Crippen LogP contribution in [0.2, 0.25) is 5.02 Å². The Bertz CT molecular complexity index is 1170. The van der Waals surface area contributed by atoms with Crippen LogP contribution in [0.15, 0.2) is 50.5 Å². The van der Waals surface area contributed by atoms with Gasteiger partial charge in [-0.3, -0.25) is 9.59 Å². The summed E-state index contributed by atoms with van der Waals surface area (Å²) in [6, 6.07) is 11.0. The second-order valence-electron chi connectivity index (χ2n) is 7.65. The predicted octanol–water partition coefficient (Wildman–Crippen LogP) is 6.21. The Morgan fingerprint density at radius 1 is 1.13 bits per heavy atom. The molecule has 1 atom stereocenters. The van der Waals surface area contributed by atoms with Crippen molar-refractivity contribution in [1.82, 2.24) is 4.90 Å². The van der Waals surface area contributed by atoms with Crippen LogP contribution < -0.4 is 5.43 Å². The number of amides is 1. The predicted molar refractivity (Wildman–Crippen MR) is 123 cm³/mol. The Hall–Kier alpha value is -2.24. The summed E-state index contributed by atoms with van der Waals surface area (Å²) < 4.78 is 6.01. The van der Waals surface area contributed by atoms with E-state index < -0.39 is 6.04 Å². The fourth-order valence-electron chi connectivity index (χ4n) is 4.04. The second kappa shape index (κ2) is 8.48. The molecule has 1 aromatic heterocycles. The Kier molecular flexibility index (Phi) is 5.94. The summed E-state index contributed by atoms with van der Waals surface area (Å²) in [5.41, 5.74) is 2.36. The van der Waals surface area contributed by atoms with Gasteiger partial charge in [0.2, 0.25) is 5.76 Å². The third-order valence-corrected chi connectivity index (χ3v) is 6.83. The largest absolute Gasteiger partial charge is 0.450 e. The number of fused-ring (bicyclic) bond motifs is 2. The summed E-state index contributed by atoms with van der Waals surface area (Å²) >= 11 is 7.94. The van der Waals surface area contributed by atoms with E-state index in [-0.39, 0.29) is 17.1 Å². The first-order chi connectivity index (χ1) is 14.5. The van der Waals surface area contributed by atoms with Crippen molar-refractivity contribution in [2.75, 3.05) is 12.8 Å². The Labute approximate surface area is 185 Å². The lowest BCUT2D eigenvalue weighted by Gasteiger charge is -2.25. The van der Waals surface area contributed by atoms with Crippen molar-refractivity contribution in [2.45, 2.75) is 44.0 Å². The van der Waals surface area contributed by atoms with Crippen LogP contribution in [0, 0.1) is 6.92 Å². The van der Waals surface area contributed by atoms with E-state index in [1.807, 2.05) is 37.4 Å². The number of unbranched alkanes of at least 4 members (excludes halogenated alkanes) is 2. The van der Waals surface area contributed by atoms with Gasteiger partial charge in [0.05, 0.1) is 17.0 Å². The molecular formula is C24H24ClNO3S. The first kappa shape index (κ1) is 21.0. The summed E-state index contributed by atoms with van der Waals surface area (Å²) in [5.74, 6) is -0.0590. The van der Waals surface area contributed by atoms with Gasteiger partial charge in [0.15, 0.2) is 5.43 Å². The maximum atomic E-state index is 13.5. The molecule has 0 N–H and O–H groups in total. The van der Waals surface area contributed by atoms with Crippen molar-refractivity contribution < 1.29 is 9.21 Å². The third-order valence-electron chi connectivity index (χ3n) is 5.68. The lowest BCUT2D eigenvalue weighted by atomic mass is 9.98. The average Bonchev–Trinajstić information content (AvgIpc) is 3.02. The van der Waals surface area contributed by atoms with Gasteiger partial charge in [-0.1, -0.05) is 43.5 Å². The highest BCUT2D eigenvalue weighted by Gasteiger charge is 2.42. The summed E-state index contributed by atoms with van der Waals surface area (Å²) in [6.07, 6.45) is 4.98. The number of nitrogens with zero attached hydrogens (tertiary/aromatic N) is 1. The molecule has 0 saturated carbocycles. The van der Waals surface area contributed by atoms with E-state index in [1.165, 1.54) is 0 Å². The van der Waals surface area contributed by atoms with Crippen LogP contribution in [0.5, 0.6) is 0 Å². The molecule has 6 heteroatoms. The zero-order valence-corrected chi connectivity index (χ0v) is 18.9. The standard InChI is InChI=1S/C24H24ClNO3S/c1-4-5-6-11-26-21(15-7-9-16(30-3)10-8-15)20-22(27)17-13-18(25)14(2)12-19(17)29-23(20)24(26)28/h7-10,12-13,21H,4-6,11H2,1-3H3. The molecular weight excluding hydrogens is 418 g/mol. The van der Waals surface area contributed by atoms with Crippen molar-refractivity contribution >= 4 is 40.2 Å². The van der Waals surface area contributed by atoms with Crippen LogP contribution in [-0.4, -0.2) is 23.6 Å². The first-order valence-corrected chi connectivity index (χ1v) is 11.8. The van der Waals surface area contributed by atoms with Gasteiger partial charge in [-0.15, -0.1) is 11.8 Å². The van der Waals surface area contributed by atoms with Crippen LogP contribution in [0.3, 0.4) is 0 Å². The molecule has 0 saturated heterocycles. The molecule has 0 radical (unpaired) electrons. The average molecular weight is 442 g/mol. The lowest BCUT2D eigenvalue weighted by molar-refractivity contribution is 0.0724. The fraction of sp³-hybridized carbons (Fsp3) is 0.333. The van der Waals surface area contributed by atoms with E-state index in [0.717, 1.165) is 35.3 Å². The Morgan fingerprint density at radius 2 is 1.87 bits per heavy atom. The fourth-order valence-corrected chi connectivity index (χ4v) is 4.61. The van der Waals surface area contributed by atoms with Crippen molar-refractivity contribution in [3.63, 3.8) is 0 Å². The highest BCUT2D eigenvalue weighted by Crippen LogP contribution is 2.39. The van der Waals surface area contributed by atoms with E-state index in [2.05, 4.69) is 6.92 Å². The lowest BCUT2D eigenvalue weighted by Crippen LogP contribution is -2.30. The monoisotopic (exact) mass is 441 g/mol. The molecule has 3 aromatic rings. The van der Waals surface area contributed by atoms with Gasteiger partial charge in [-0.05, 0) is 55.0 Å². The molecule has 156 valence electrons. The van der Waals surface area contributed by atoms with Gasteiger partial charge in [0, 0.05) is 16.5 Å². The molecule has 1 unspecified atom stereocenters. The van der Waals surface area contributed by atoms with Crippen molar-refractivity contribution in [1.29, 1.82) is 0 Å². The second-order valence-corrected chi connectivity index (χ2v) is 8.94. The minimum atomic E-state index is -0.444. The smallest absolute Gasteiger partial charge is 0.290 e. The zero-order chi connectivity index (χ0) is 21.4. The van der Waals surface area contributed by atoms with E-state index in [1.54, 1.807) is 28.8 Å². The number of carbonyl (C=O) groups excluding carboxylic acids is 1. The Balaban J connectivity index is 1.91. The highest BCUT2D eigenvalue weighted by atomic mass is 35.5. The molecule has 0 spiro atoms. The van der Waals surface area contributed by atoms with Crippen LogP contribution in [0.1, 0.15) is 59.5 Å². The maximum Gasteiger partial charge on any atom is 0.290 e. The van der Waals surface area contributed by atoms with Crippen LogP contribution >= 0.6 is 23.4 Å². The van der Waals surface area contributed by atoms with Crippen molar-refractivity contribution in [2.24, 2.45) is 0 Å². The van der Waals surface area contributed by atoms with Gasteiger partial charge < -0.3 is 9.32 Å². The first-order valence-electron chi connectivity index (χ1n) is 10.2. The van der Waals surface area contributed by atoms with Gasteiger partial charge in [0.1, 0.15) is 5.58 Å². The van der Waals surface area contributed by atoms with Crippen LogP contribution in [0.25, 0.3) is 11.0 Å². The summed E-state index contributed by atoms with van der Waals surface area (Å²) in [6.45, 7) is 4.56. The molecule has 0 bridgehead atoms. The van der Waals surface area contributed by atoms with Gasteiger partial charge in [-0.2, -0.15) is 0 Å². The number of hydrogen-bond donors (Lipinski definition) is 0. The van der Waals surface area contributed by atoms with Gasteiger partial charge in [-0.25, -0.2) is 0 Å². The molecule has 2 aromatic carbocycles. The van der Waals surface area contributed by atoms with Gasteiger partial charge in [0.25, 0.3) is 5.91 Å². The van der Waals surface area contributed by atoms with E-state index in [9.17, 15) is 9.59 Å². The maximum absolute atomic E-state index is 13.5. The number of halogens is 1. The van der Waals surface area contributed by atoms with Crippen LogP contribution in [-0.2, 0) is 0 Å². The summed E-state index contributed by atoms with van der Waals surface area (Å²) in [7, 11) is 0. The van der Waals surface area contributed by atoms with E-state index in [0.29, 0.717) is 28.1 Å². The normalized spacial score (nSPS) is 15.8. The zero-order valence-electron chi connectivity index (χ0n) is 17.3. The quantitative estimate of drug-likeness (QED) is 0.337. The molecule has 2 heterocycles. The Morgan fingerprint density at radius 3 is 2.53 bits per heavy atom. The number of carbonyl (C=O) groups is 1. The summed E-state index contributed by atoms with van der Waals surface area (Å²) in [4.78, 5) is 29.7.